The summed E-state index contributed by atoms with van der Waals surface area (Å²) in [5, 5.41) is 0. The van der Waals surface area contributed by atoms with Gasteiger partial charge in [0.15, 0.2) is 0 Å². The van der Waals surface area contributed by atoms with Gasteiger partial charge in [-0.3, -0.25) is 9.69 Å². The van der Waals surface area contributed by atoms with Gasteiger partial charge in [0, 0.05) is 32.0 Å². The molecule has 0 bridgehead atoms. The summed E-state index contributed by atoms with van der Waals surface area (Å²) >= 11 is 0. The van der Waals surface area contributed by atoms with Crippen molar-refractivity contribution < 1.29 is 23.9 Å². The van der Waals surface area contributed by atoms with E-state index < -0.39 is 18.1 Å². The Bertz CT molecular complexity index is 619. The smallest absolute Gasteiger partial charge is 0.410 e. The summed E-state index contributed by atoms with van der Waals surface area (Å²) < 4.78 is 5.28. The Morgan fingerprint density at radius 2 is 2.00 bits per heavy atom. The van der Waals surface area contributed by atoms with Crippen molar-refractivity contribution in [1.82, 2.24) is 9.80 Å². The number of amides is 2. The summed E-state index contributed by atoms with van der Waals surface area (Å²) in [4.78, 5) is 49.1. The molecule has 0 aliphatic carbocycles. The molecule has 1 aromatic carbocycles. The number of hydrogen-bond acceptors (Lipinski definition) is 5. The highest BCUT2D eigenvalue weighted by molar-refractivity contribution is 5.86. The molecule has 134 valence electrons. The van der Waals surface area contributed by atoms with Gasteiger partial charge in [-0.1, -0.05) is 30.3 Å². The first kappa shape index (κ1) is 18.6. The second-order valence-electron chi connectivity index (χ2n) is 5.99. The third-order valence-electron chi connectivity index (χ3n) is 4.23. The summed E-state index contributed by atoms with van der Waals surface area (Å²) in [6, 6.07) is 8.63. The minimum atomic E-state index is -0.666. The van der Waals surface area contributed by atoms with Crippen molar-refractivity contribution in [2.24, 2.45) is 5.92 Å². The highest BCUT2D eigenvalue weighted by atomic mass is 16.6. The fourth-order valence-electron chi connectivity index (χ4n) is 2.74. The van der Waals surface area contributed by atoms with E-state index in [1.165, 1.54) is 9.80 Å². The molecule has 2 amide bonds. The first-order chi connectivity index (χ1) is 12.1. The molecule has 0 aromatic heterocycles. The van der Waals surface area contributed by atoms with Crippen LogP contribution in [0.5, 0.6) is 0 Å². The summed E-state index contributed by atoms with van der Waals surface area (Å²) in [6.45, 7) is 2.61. The summed E-state index contributed by atoms with van der Waals surface area (Å²) in [7, 11) is 0. The maximum Gasteiger partial charge on any atom is 0.410 e. The van der Waals surface area contributed by atoms with Crippen LogP contribution in [0.1, 0.15) is 18.9 Å². The molecule has 2 rings (SSSR count). The third-order valence-corrected chi connectivity index (χ3v) is 4.23. The van der Waals surface area contributed by atoms with Crippen molar-refractivity contribution in [1.29, 1.82) is 0 Å². The second kappa shape index (κ2) is 8.96. The van der Waals surface area contributed by atoms with Gasteiger partial charge in [-0.2, -0.15) is 0 Å². The highest BCUT2D eigenvalue weighted by Gasteiger charge is 2.35. The van der Waals surface area contributed by atoms with Crippen LogP contribution in [-0.4, -0.2) is 60.0 Å². The Labute approximate surface area is 146 Å². The fourth-order valence-corrected chi connectivity index (χ4v) is 2.74. The van der Waals surface area contributed by atoms with Crippen molar-refractivity contribution in [2.75, 3.05) is 19.6 Å². The van der Waals surface area contributed by atoms with Gasteiger partial charge in [-0.25, -0.2) is 4.79 Å². The lowest BCUT2D eigenvalue weighted by atomic mass is 10.1. The normalized spacial score (nSPS) is 18.6. The van der Waals surface area contributed by atoms with E-state index in [1.54, 1.807) is 6.92 Å². The van der Waals surface area contributed by atoms with Crippen LogP contribution >= 0.6 is 0 Å². The lowest BCUT2D eigenvalue weighted by Crippen LogP contribution is -2.58. The third kappa shape index (κ3) is 4.89. The van der Waals surface area contributed by atoms with Crippen molar-refractivity contribution in [3.05, 3.63) is 35.9 Å². The molecule has 0 saturated carbocycles. The number of carbonyl (C=O) groups excluding carboxylic acids is 4. The lowest BCUT2D eigenvalue weighted by molar-refractivity contribution is -0.141. The zero-order valence-corrected chi connectivity index (χ0v) is 14.2. The van der Waals surface area contributed by atoms with Crippen molar-refractivity contribution in [3.8, 4) is 0 Å². The highest BCUT2D eigenvalue weighted by Crippen LogP contribution is 2.15. The second-order valence-corrected chi connectivity index (χ2v) is 5.99. The molecule has 1 heterocycles. The fraction of sp³-hybridized carbons (Fsp3) is 0.444. The molecule has 1 aromatic rings. The number of carbonyl (C=O) groups is 4. The molecule has 0 spiro atoms. The molecule has 0 radical (unpaired) electrons. The van der Waals surface area contributed by atoms with E-state index in [-0.39, 0.29) is 25.5 Å². The van der Waals surface area contributed by atoms with Crippen molar-refractivity contribution in [3.63, 3.8) is 0 Å². The van der Waals surface area contributed by atoms with Gasteiger partial charge < -0.3 is 19.2 Å². The molecule has 1 fully saturated rings. The van der Waals surface area contributed by atoms with E-state index in [2.05, 4.69) is 0 Å². The van der Waals surface area contributed by atoms with E-state index in [4.69, 9.17) is 4.74 Å². The molecule has 1 aliphatic heterocycles. The number of nitrogens with zero attached hydrogens (tertiary/aromatic N) is 2. The van der Waals surface area contributed by atoms with Gasteiger partial charge in [0.25, 0.3) is 0 Å². The molecule has 0 N–H and O–H groups in total. The molecule has 25 heavy (non-hydrogen) atoms. The van der Waals surface area contributed by atoms with E-state index in [1.807, 2.05) is 30.3 Å². The summed E-state index contributed by atoms with van der Waals surface area (Å²) in [5.41, 5.74) is 0.871. The molecule has 7 heteroatoms. The SMILES string of the molecule is C[C@H]1C(=O)N(CC(C=O)CC=O)CCN1C(=O)OCc1ccccc1. The van der Waals surface area contributed by atoms with Gasteiger partial charge in [-0.05, 0) is 12.5 Å². The monoisotopic (exact) mass is 346 g/mol. The van der Waals surface area contributed by atoms with Gasteiger partial charge >= 0.3 is 6.09 Å². The lowest BCUT2D eigenvalue weighted by Gasteiger charge is -2.39. The van der Waals surface area contributed by atoms with Crippen LogP contribution in [0.3, 0.4) is 0 Å². The van der Waals surface area contributed by atoms with Gasteiger partial charge in [0.1, 0.15) is 25.2 Å². The largest absolute Gasteiger partial charge is 0.445 e. The predicted octanol–water partition coefficient (Wildman–Crippen LogP) is 1.26. The Hall–Kier alpha value is -2.70. The van der Waals surface area contributed by atoms with Gasteiger partial charge in [0.2, 0.25) is 5.91 Å². The minimum Gasteiger partial charge on any atom is -0.445 e. The van der Waals surface area contributed by atoms with E-state index in [0.29, 0.717) is 25.7 Å². The predicted molar refractivity (Wildman–Crippen MR) is 89.6 cm³/mol. The minimum absolute atomic E-state index is 0.0878. The van der Waals surface area contributed by atoms with E-state index >= 15 is 0 Å². The molecular formula is C18H22N2O5. The first-order valence-electron chi connectivity index (χ1n) is 8.21. The summed E-state index contributed by atoms with van der Waals surface area (Å²) in [5.74, 6) is -0.758. The molecular weight excluding hydrogens is 324 g/mol. The maximum absolute atomic E-state index is 12.4. The van der Waals surface area contributed by atoms with E-state index in [0.717, 1.165) is 5.56 Å². The maximum atomic E-state index is 12.4. The number of benzene rings is 1. The average Bonchev–Trinajstić information content (AvgIpc) is 2.64. The average molecular weight is 346 g/mol. The van der Waals surface area contributed by atoms with Gasteiger partial charge in [-0.15, -0.1) is 0 Å². The Morgan fingerprint density at radius 1 is 1.28 bits per heavy atom. The number of hydrogen-bond donors (Lipinski definition) is 0. The molecule has 7 nitrogen and oxygen atoms in total. The molecule has 2 atom stereocenters. The van der Waals surface area contributed by atoms with Crippen LogP contribution in [0.2, 0.25) is 0 Å². The van der Waals surface area contributed by atoms with Gasteiger partial charge in [0.05, 0.1) is 0 Å². The standard InChI is InChI=1S/C18H22N2O5/c1-14-17(23)19(11-16(12-22)7-10-21)8-9-20(14)18(24)25-13-15-5-3-2-4-6-15/h2-6,10,12,14,16H,7-9,11,13H2,1H3/t14-,16?/m0/s1. The van der Waals surface area contributed by atoms with Crippen molar-refractivity contribution >= 4 is 24.6 Å². The van der Waals surface area contributed by atoms with E-state index in [9.17, 15) is 19.2 Å². The number of piperazine rings is 1. The quantitative estimate of drug-likeness (QED) is 0.694. The van der Waals surface area contributed by atoms with Crippen LogP contribution < -0.4 is 0 Å². The van der Waals surface area contributed by atoms with Crippen LogP contribution in [-0.2, 0) is 25.7 Å². The Balaban J connectivity index is 1.90. The topological polar surface area (TPSA) is 84.0 Å². The van der Waals surface area contributed by atoms with Crippen molar-refractivity contribution in [2.45, 2.75) is 26.0 Å². The molecule has 1 saturated heterocycles. The first-order valence-corrected chi connectivity index (χ1v) is 8.21. The number of ether oxygens (including phenoxy) is 1. The number of aldehydes is 2. The summed E-state index contributed by atoms with van der Waals surface area (Å²) in [6.07, 6.45) is 0.908. The Kier molecular flexibility index (Phi) is 6.68. The number of rotatable bonds is 7. The molecule has 1 unspecified atom stereocenters. The van der Waals surface area contributed by atoms with Crippen LogP contribution in [0, 0.1) is 5.92 Å². The van der Waals surface area contributed by atoms with Crippen LogP contribution in [0.4, 0.5) is 4.79 Å². The Morgan fingerprint density at radius 3 is 2.64 bits per heavy atom. The molecule has 1 aliphatic rings. The van der Waals surface area contributed by atoms with Crippen LogP contribution in [0.15, 0.2) is 30.3 Å². The zero-order valence-electron chi connectivity index (χ0n) is 14.2. The zero-order chi connectivity index (χ0) is 18.2. The van der Waals surface area contributed by atoms with Crippen LogP contribution in [0.25, 0.3) is 0 Å².